The molecule has 1 heterocycles. The second kappa shape index (κ2) is 4.01. The Labute approximate surface area is 82.7 Å². The quantitative estimate of drug-likeness (QED) is 0.688. The minimum absolute atomic E-state index is 0. The summed E-state index contributed by atoms with van der Waals surface area (Å²) in [7, 11) is 0. The van der Waals surface area contributed by atoms with Gasteiger partial charge in [-0.05, 0) is 12.1 Å². The summed E-state index contributed by atoms with van der Waals surface area (Å²) in [6.07, 6.45) is 0. The molecule has 2 rings (SSSR count). The molecule has 0 amide bonds. The first-order valence-electron chi connectivity index (χ1n) is 3.81. The molecule has 68 valence electrons. The van der Waals surface area contributed by atoms with Crippen molar-refractivity contribution < 1.29 is 4.74 Å². The van der Waals surface area contributed by atoms with Gasteiger partial charge in [-0.25, -0.2) is 0 Å². The van der Waals surface area contributed by atoms with Crippen LogP contribution in [0.25, 0.3) is 0 Å². The first-order chi connectivity index (χ1) is 5.92. The molecule has 1 aromatic rings. The fourth-order valence-electron chi connectivity index (χ4n) is 1.26. The maximum absolute atomic E-state index is 8.74. The Morgan fingerprint density at radius 2 is 2.31 bits per heavy atom. The average molecular weight is 197 g/mol. The average Bonchev–Trinajstić information content (AvgIpc) is 2.17. The summed E-state index contributed by atoms with van der Waals surface area (Å²) in [4.78, 5) is 0. The lowest BCUT2D eigenvalue weighted by molar-refractivity contribution is 0.322. The lowest BCUT2D eigenvalue weighted by Crippen LogP contribution is -2.18. The number of benzene rings is 1. The lowest BCUT2D eigenvalue weighted by atomic mass is 10.1. The highest BCUT2D eigenvalue weighted by Gasteiger charge is 2.12. The molecule has 0 atom stereocenters. The van der Waals surface area contributed by atoms with E-state index < -0.39 is 0 Å². The maximum Gasteiger partial charge on any atom is 0.160 e. The van der Waals surface area contributed by atoms with Gasteiger partial charge in [0.2, 0.25) is 0 Å². The van der Waals surface area contributed by atoms with E-state index in [1.165, 1.54) is 0 Å². The van der Waals surface area contributed by atoms with Crippen molar-refractivity contribution in [2.24, 2.45) is 0 Å². The zero-order valence-corrected chi connectivity index (χ0v) is 7.73. The molecule has 0 aromatic heterocycles. The molecule has 0 bridgehead atoms. The third-order valence-electron chi connectivity index (χ3n) is 1.80. The second-order valence-electron chi connectivity index (χ2n) is 2.57. The van der Waals surface area contributed by atoms with Gasteiger partial charge in [0.25, 0.3) is 0 Å². The summed E-state index contributed by atoms with van der Waals surface area (Å²) < 4.78 is 5.36. The maximum atomic E-state index is 8.74. The van der Waals surface area contributed by atoms with Crippen molar-refractivity contribution in [2.75, 3.05) is 18.5 Å². The summed E-state index contributed by atoms with van der Waals surface area (Å²) in [6, 6.07) is 7.60. The minimum Gasteiger partial charge on any atom is -0.488 e. The van der Waals surface area contributed by atoms with Gasteiger partial charge >= 0.3 is 0 Å². The predicted octanol–water partition coefficient (Wildman–Crippen LogP) is 1.78. The number of rotatable bonds is 0. The zero-order valence-electron chi connectivity index (χ0n) is 6.91. The number of fused-ring (bicyclic) bond motifs is 1. The summed E-state index contributed by atoms with van der Waals surface area (Å²) in [5.74, 6) is 0.686. The van der Waals surface area contributed by atoms with Gasteiger partial charge in [0, 0.05) is 6.54 Å². The van der Waals surface area contributed by atoms with Crippen LogP contribution in [0, 0.1) is 11.3 Å². The summed E-state index contributed by atoms with van der Waals surface area (Å²) in [5.41, 5.74) is 1.51. The third kappa shape index (κ3) is 1.68. The van der Waals surface area contributed by atoms with Gasteiger partial charge in [-0.3, -0.25) is 0 Å². The van der Waals surface area contributed by atoms with E-state index in [0.717, 1.165) is 12.2 Å². The number of para-hydroxylation sites is 1. The number of nitriles is 1. The summed E-state index contributed by atoms with van der Waals surface area (Å²) in [5, 5.41) is 11.9. The highest BCUT2D eigenvalue weighted by molar-refractivity contribution is 5.85. The number of nitrogens with zero attached hydrogens (tertiary/aromatic N) is 1. The largest absolute Gasteiger partial charge is 0.488 e. The summed E-state index contributed by atoms with van der Waals surface area (Å²) in [6.45, 7) is 1.44. The van der Waals surface area contributed by atoms with E-state index in [1.807, 2.05) is 12.1 Å². The van der Waals surface area contributed by atoms with Crippen molar-refractivity contribution in [1.29, 1.82) is 5.26 Å². The van der Waals surface area contributed by atoms with Crippen LogP contribution in [0.1, 0.15) is 5.56 Å². The third-order valence-corrected chi connectivity index (χ3v) is 1.80. The fourth-order valence-corrected chi connectivity index (χ4v) is 1.26. The summed E-state index contributed by atoms with van der Waals surface area (Å²) >= 11 is 0. The Bertz CT molecular complexity index is 346. The molecule has 1 aromatic carbocycles. The van der Waals surface area contributed by atoms with Crippen LogP contribution in [0.15, 0.2) is 18.2 Å². The SMILES string of the molecule is Cl.N#Cc1cccc2c1OCCN2. The van der Waals surface area contributed by atoms with E-state index in [2.05, 4.69) is 11.4 Å². The van der Waals surface area contributed by atoms with Gasteiger partial charge in [0.05, 0.1) is 11.3 Å². The number of hydrogen-bond acceptors (Lipinski definition) is 3. The standard InChI is InChI=1S/C9H8N2O.ClH/c10-6-7-2-1-3-8-9(7)12-5-4-11-8;/h1-3,11H,4-5H2;1H. The van der Waals surface area contributed by atoms with Gasteiger partial charge in [-0.2, -0.15) is 5.26 Å². The van der Waals surface area contributed by atoms with Gasteiger partial charge in [-0.1, -0.05) is 6.07 Å². The Morgan fingerprint density at radius 1 is 1.46 bits per heavy atom. The molecule has 0 spiro atoms. The van der Waals surface area contributed by atoms with Crippen molar-refractivity contribution in [2.45, 2.75) is 0 Å². The van der Waals surface area contributed by atoms with Crippen molar-refractivity contribution in [1.82, 2.24) is 0 Å². The second-order valence-corrected chi connectivity index (χ2v) is 2.57. The topological polar surface area (TPSA) is 45.0 Å². The van der Waals surface area contributed by atoms with E-state index in [-0.39, 0.29) is 12.4 Å². The molecule has 1 aliphatic heterocycles. The molecular weight excluding hydrogens is 188 g/mol. The number of ether oxygens (including phenoxy) is 1. The Balaban J connectivity index is 0.000000845. The van der Waals surface area contributed by atoms with Crippen LogP contribution in [-0.4, -0.2) is 13.2 Å². The zero-order chi connectivity index (χ0) is 8.39. The molecule has 0 saturated carbocycles. The molecule has 0 unspecified atom stereocenters. The first-order valence-corrected chi connectivity index (χ1v) is 3.81. The van der Waals surface area contributed by atoms with Crippen molar-refractivity contribution in [3.63, 3.8) is 0 Å². The Kier molecular flexibility index (Phi) is 2.99. The fraction of sp³-hybridized carbons (Fsp3) is 0.222. The molecule has 3 nitrogen and oxygen atoms in total. The van der Waals surface area contributed by atoms with E-state index in [9.17, 15) is 0 Å². The molecule has 4 heteroatoms. The molecule has 1 aliphatic rings. The van der Waals surface area contributed by atoms with E-state index in [4.69, 9.17) is 10.00 Å². The predicted molar refractivity (Wildman–Crippen MR) is 52.4 cm³/mol. The van der Waals surface area contributed by atoms with Crippen LogP contribution >= 0.6 is 12.4 Å². The number of hydrogen-bond donors (Lipinski definition) is 1. The van der Waals surface area contributed by atoms with Crippen LogP contribution in [-0.2, 0) is 0 Å². The molecule has 13 heavy (non-hydrogen) atoms. The monoisotopic (exact) mass is 196 g/mol. The van der Waals surface area contributed by atoms with Crippen molar-refractivity contribution in [3.8, 4) is 11.8 Å². The van der Waals surface area contributed by atoms with Crippen LogP contribution < -0.4 is 10.1 Å². The molecule has 0 saturated heterocycles. The Hall–Kier alpha value is -1.40. The van der Waals surface area contributed by atoms with E-state index in [0.29, 0.717) is 17.9 Å². The minimum atomic E-state index is 0. The van der Waals surface area contributed by atoms with Crippen LogP contribution in [0.3, 0.4) is 0 Å². The Morgan fingerprint density at radius 3 is 3.08 bits per heavy atom. The van der Waals surface area contributed by atoms with Crippen molar-refractivity contribution in [3.05, 3.63) is 23.8 Å². The van der Waals surface area contributed by atoms with Crippen molar-refractivity contribution >= 4 is 18.1 Å². The molecule has 1 N–H and O–H groups in total. The molecular formula is C9H9ClN2O. The number of anilines is 1. The number of nitrogens with one attached hydrogen (secondary N) is 1. The first kappa shape index (κ1) is 9.69. The normalized spacial score (nSPS) is 12.5. The van der Waals surface area contributed by atoms with Gasteiger partial charge in [-0.15, -0.1) is 12.4 Å². The molecule has 0 aliphatic carbocycles. The van der Waals surface area contributed by atoms with Crippen LogP contribution in [0.5, 0.6) is 5.75 Å². The molecule has 0 radical (unpaired) electrons. The highest BCUT2D eigenvalue weighted by atomic mass is 35.5. The van der Waals surface area contributed by atoms with Crippen LogP contribution in [0.4, 0.5) is 5.69 Å². The van der Waals surface area contributed by atoms with Crippen LogP contribution in [0.2, 0.25) is 0 Å². The lowest BCUT2D eigenvalue weighted by Gasteiger charge is -2.19. The highest BCUT2D eigenvalue weighted by Crippen LogP contribution is 2.30. The van der Waals surface area contributed by atoms with Gasteiger partial charge in [0.1, 0.15) is 12.7 Å². The smallest absolute Gasteiger partial charge is 0.160 e. The van der Waals surface area contributed by atoms with E-state index in [1.54, 1.807) is 6.07 Å². The van der Waals surface area contributed by atoms with E-state index >= 15 is 0 Å². The van der Waals surface area contributed by atoms with Gasteiger partial charge in [0.15, 0.2) is 5.75 Å². The number of halogens is 1. The van der Waals surface area contributed by atoms with Gasteiger partial charge < -0.3 is 10.1 Å². The molecule has 0 fully saturated rings.